The normalized spacial score (nSPS) is 12.1. The Hall–Kier alpha value is -2.36. The fraction of sp³-hybridized carbons (Fsp3) is 0.294. The lowest BCUT2D eigenvalue weighted by atomic mass is 10.0. The highest BCUT2D eigenvalue weighted by Crippen LogP contribution is 2.19. The number of rotatable bonds is 5. The second kappa shape index (κ2) is 6.39. The van der Waals surface area contributed by atoms with Crippen LogP contribution < -0.4 is 0 Å². The van der Waals surface area contributed by atoms with Crippen molar-refractivity contribution in [3.8, 4) is 0 Å². The fourth-order valence-corrected chi connectivity index (χ4v) is 2.52. The number of carboxylic acids is 1. The third kappa shape index (κ3) is 3.21. The van der Waals surface area contributed by atoms with Gasteiger partial charge in [0.05, 0.1) is 6.42 Å². The van der Waals surface area contributed by atoms with Crippen LogP contribution in [0.15, 0.2) is 42.5 Å². The second-order valence-electron chi connectivity index (χ2n) is 5.08. The number of likely N-dealkylation sites (N-methyl/N-ethyl adjacent to an activating group) is 1. The molecule has 110 valence electrons. The molecule has 21 heavy (non-hydrogen) atoms. The second-order valence-corrected chi connectivity index (χ2v) is 5.08. The van der Waals surface area contributed by atoms with Crippen LogP contribution in [0.3, 0.4) is 0 Å². The molecular weight excluding hydrogens is 266 g/mol. The van der Waals surface area contributed by atoms with Gasteiger partial charge in [-0.2, -0.15) is 0 Å². The van der Waals surface area contributed by atoms with Gasteiger partial charge in [-0.3, -0.25) is 4.79 Å². The lowest BCUT2D eigenvalue weighted by Gasteiger charge is -2.24. The summed E-state index contributed by atoms with van der Waals surface area (Å²) >= 11 is 0. The molecule has 0 saturated heterocycles. The van der Waals surface area contributed by atoms with Gasteiger partial charge < -0.3 is 10.0 Å². The Kier molecular flexibility index (Phi) is 4.58. The largest absolute Gasteiger partial charge is 0.480 e. The molecule has 0 spiro atoms. The standard InChI is InChI=1S/C17H19NO3/c1-3-15(17(20)21)18(2)16(19)11-13-9-6-8-12-7-4-5-10-14(12)13/h4-10,15H,3,11H2,1-2H3,(H,20,21). The predicted molar refractivity (Wildman–Crippen MR) is 82.1 cm³/mol. The lowest BCUT2D eigenvalue weighted by Crippen LogP contribution is -2.42. The summed E-state index contributed by atoms with van der Waals surface area (Å²) in [6.07, 6.45) is 0.606. The number of carbonyl (C=O) groups excluding carboxylic acids is 1. The topological polar surface area (TPSA) is 57.6 Å². The molecule has 0 radical (unpaired) electrons. The zero-order chi connectivity index (χ0) is 15.4. The molecule has 0 aromatic heterocycles. The minimum Gasteiger partial charge on any atom is -0.480 e. The first-order chi connectivity index (χ1) is 10.0. The number of fused-ring (bicyclic) bond motifs is 1. The van der Waals surface area contributed by atoms with E-state index in [-0.39, 0.29) is 12.3 Å². The maximum Gasteiger partial charge on any atom is 0.326 e. The molecule has 1 atom stereocenters. The van der Waals surface area contributed by atoms with Gasteiger partial charge in [0.1, 0.15) is 6.04 Å². The van der Waals surface area contributed by atoms with Gasteiger partial charge in [-0.15, -0.1) is 0 Å². The number of carbonyl (C=O) groups is 2. The molecule has 0 saturated carbocycles. The van der Waals surface area contributed by atoms with Gasteiger partial charge in [0, 0.05) is 7.05 Å². The van der Waals surface area contributed by atoms with E-state index in [2.05, 4.69) is 0 Å². The molecule has 0 aliphatic carbocycles. The van der Waals surface area contributed by atoms with Crippen molar-refractivity contribution in [3.05, 3.63) is 48.0 Å². The van der Waals surface area contributed by atoms with Crippen LogP contribution in [0.4, 0.5) is 0 Å². The molecular formula is C17H19NO3. The van der Waals surface area contributed by atoms with Gasteiger partial charge in [0.15, 0.2) is 0 Å². The molecule has 0 aliphatic heterocycles. The van der Waals surface area contributed by atoms with Crippen LogP contribution in [0.5, 0.6) is 0 Å². The van der Waals surface area contributed by atoms with Crippen molar-refractivity contribution in [2.75, 3.05) is 7.05 Å². The quantitative estimate of drug-likeness (QED) is 0.919. The van der Waals surface area contributed by atoms with Crippen molar-refractivity contribution in [2.24, 2.45) is 0 Å². The molecule has 1 amide bonds. The Morgan fingerprint density at radius 3 is 2.48 bits per heavy atom. The van der Waals surface area contributed by atoms with E-state index >= 15 is 0 Å². The van der Waals surface area contributed by atoms with E-state index in [0.29, 0.717) is 6.42 Å². The number of hydrogen-bond acceptors (Lipinski definition) is 2. The monoisotopic (exact) mass is 285 g/mol. The van der Waals surface area contributed by atoms with E-state index in [1.165, 1.54) is 4.90 Å². The summed E-state index contributed by atoms with van der Waals surface area (Å²) in [4.78, 5) is 24.8. The van der Waals surface area contributed by atoms with E-state index in [0.717, 1.165) is 16.3 Å². The molecule has 1 N–H and O–H groups in total. The van der Waals surface area contributed by atoms with E-state index < -0.39 is 12.0 Å². The minimum absolute atomic E-state index is 0.180. The highest BCUT2D eigenvalue weighted by Gasteiger charge is 2.24. The molecule has 0 heterocycles. The summed E-state index contributed by atoms with van der Waals surface area (Å²) in [6, 6.07) is 12.9. The van der Waals surface area contributed by atoms with Crippen LogP contribution in [-0.2, 0) is 16.0 Å². The van der Waals surface area contributed by atoms with Crippen molar-refractivity contribution in [1.82, 2.24) is 4.90 Å². The highest BCUT2D eigenvalue weighted by atomic mass is 16.4. The van der Waals surface area contributed by atoms with E-state index in [1.54, 1.807) is 14.0 Å². The summed E-state index contributed by atoms with van der Waals surface area (Å²) in [7, 11) is 1.55. The molecule has 2 aromatic rings. The lowest BCUT2D eigenvalue weighted by molar-refractivity contribution is -0.148. The molecule has 4 nitrogen and oxygen atoms in total. The van der Waals surface area contributed by atoms with E-state index in [4.69, 9.17) is 5.11 Å². The molecule has 2 rings (SSSR count). The Balaban J connectivity index is 2.24. The van der Waals surface area contributed by atoms with Crippen LogP contribution >= 0.6 is 0 Å². The van der Waals surface area contributed by atoms with Crippen LogP contribution in [0.1, 0.15) is 18.9 Å². The zero-order valence-electron chi connectivity index (χ0n) is 12.2. The molecule has 0 aliphatic rings. The van der Waals surface area contributed by atoms with E-state index in [1.807, 2.05) is 42.5 Å². The van der Waals surface area contributed by atoms with Crippen molar-refractivity contribution < 1.29 is 14.7 Å². The Morgan fingerprint density at radius 2 is 1.81 bits per heavy atom. The molecule has 0 fully saturated rings. The van der Waals surface area contributed by atoms with Gasteiger partial charge in [0.25, 0.3) is 0 Å². The van der Waals surface area contributed by atoms with Crippen LogP contribution in [0, 0.1) is 0 Å². The molecule has 4 heteroatoms. The molecule has 1 unspecified atom stereocenters. The molecule has 2 aromatic carbocycles. The Labute approximate surface area is 124 Å². The predicted octanol–water partition coefficient (Wildman–Crippen LogP) is 2.70. The third-order valence-corrected chi connectivity index (χ3v) is 3.75. The van der Waals surface area contributed by atoms with Gasteiger partial charge in [-0.1, -0.05) is 49.4 Å². The number of amides is 1. The maximum absolute atomic E-state index is 12.3. The third-order valence-electron chi connectivity index (χ3n) is 3.75. The number of carboxylic acid groups (broad SMARTS) is 1. The summed E-state index contributed by atoms with van der Waals surface area (Å²) in [5, 5.41) is 11.2. The highest BCUT2D eigenvalue weighted by molar-refractivity contribution is 5.91. The van der Waals surface area contributed by atoms with Gasteiger partial charge >= 0.3 is 5.97 Å². The van der Waals surface area contributed by atoms with Crippen molar-refractivity contribution in [2.45, 2.75) is 25.8 Å². The number of nitrogens with zero attached hydrogens (tertiary/aromatic N) is 1. The zero-order valence-corrected chi connectivity index (χ0v) is 12.2. The first-order valence-corrected chi connectivity index (χ1v) is 6.99. The van der Waals surface area contributed by atoms with Crippen molar-refractivity contribution >= 4 is 22.6 Å². The first-order valence-electron chi connectivity index (χ1n) is 6.99. The summed E-state index contributed by atoms with van der Waals surface area (Å²) in [5.41, 5.74) is 0.921. The number of aliphatic carboxylic acids is 1. The summed E-state index contributed by atoms with van der Waals surface area (Å²) in [5.74, 6) is -1.15. The average molecular weight is 285 g/mol. The Bertz CT molecular complexity index is 661. The van der Waals surface area contributed by atoms with Crippen LogP contribution in [-0.4, -0.2) is 35.0 Å². The van der Waals surface area contributed by atoms with Gasteiger partial charge in [-0.25, -0.2) is 4.79 Å². The van der Waals surface area contributed by atoms with Crippen molar-refractivity contribution in [3.63, 3.8) is 0 Å². The smallest absolute Gasteiger partial charge is 0.326 e. The van der Waals surface area contributed by atoms with Crippen LogP contribution in [0.25, 0.3) is 10.8 Å². The van der Waals surface area contributed by atoms with E-state index in [9.17, 15) is 9.59 Å². The van der Waals surface area contributed by atoms with Gasteiger partial charge in [-0.05, 0) is 22.8 Å². The summed E-state index contributed by atoms with van der Waals surface area (Å²) < 4.78 is 0. The average Bonchev–Trinajstić information content (AvgIpc) is 2.47. The Morgan fingerprint density at radius 1 is 1.14 bits per heavy atom. The molecule has 0 bridgehead atoms. The van der Waals surface area contributed by atoms with Crippen LogP contribution in [0.2, 0.25) is 0 Å². The minimum atomic E-state index is -0.966. The van der Waals surface area contributed by atoms with Gasteiger partial charge in [0.2, 0.25) is 5.91 Å². The maximum atomic E-state index is 12.3. The fourth-order valence-electron chi connectivity index (χ4n) is 2.52. The summed E-state index contributed by atoms with van der Waals surface area (Å²) in [6.45, 7) is 1.76. The number of hydrogen-bond donors (Lipinski definition) is 1. The number of benzene rings is 2. The SMILES string of the molecule is CCC(C(=O)O)N(C)C(=O)Cc1cccc2ccccc12. The van der Waals surface area contributed by atoms with Crippen molar-refractivity contribution in [1.29, 1.82) is 0 Å². The first kappa shape index (κ1) is 15.0.